The largest absolute Gasteiger partial charge is 0.494 e. The number of hydrogen-bond donors (Lipinski definition) is 2. The van der Waals surface area contributed by atoms with Crippen LogP contribution in [0.2, 0.25) is 0 Å². The Labute approximate surface area is 182 Å². The number of hydrogen-bond acceptors (Lipinski definition) is 5. The van der Waals surface area contributed by atoms with Crippen LogP contribution >= 0.6 is 0 Å². The summed E-state index contributed by atoms with van der Waals surface area (Å²) in [6.45, 7) is 4.50. The number of nitrogens with zero attached hydrogens (tertiary/aromatic N) is 1. The van der Waals surface area contributed by atoms with Gasteiger partial charge in [-0.05, 0) is 68.3 Å². The van der Waals surface area contributed by atoms with Crippen LogP contribution in [0.5, 0.6) is 5.75 Å². The summed E-state index contributed by atoms with van der Waals surface area (Å²) in [5.74, 6) is 0.311. The molecule has 0 atom stereocenters. The number of ether oxygens (including phenoxy) is 1. The van der Waals surface area contributed by atoms with E-state index in [0.29, 0.717) is 49.5 Å². The van der Waals surface area contributed by atoms with Gasteiger partial charge in [-0.25, -0.2) is 8.42 Å². The average molecular weight is 446 g/mol. The molecule has 1 aliphatic rings. The van der Waals surface area contributed by atoms with Crippen molar-refractivity contribution in [1.82, 2.24) is 9.62 Å². The second-order valence-electron chi connectivity index (χ2n) is 7.31. The fraction of sp³-hybridized carbons (Fsp3) is 0.364. The molecule has 0 saturated carbocycles. The zero-order chi connectivity index (χ0) is 22.4. The van der Waals surface area contributed by atoms with E-state index < -0.39 is 10.0 Å². The van der Waals surface area contributed by atoms with Crippen molar-refractivity contribution in [2.45, 2.75) is 37.6 Å². The summed E-state index contributed by atoms with van der Waals surface area (Å²) in [5.41, 5.74) is 1.08. The second kappa shape index (κ2) is 9.93. The molecule has 166 valence electrons. The van der Waals surface area contributed by atoms with Gasteiger partial charge in [0.05, 0.1) is 11.5 Å². The van der Waals surface area contributed by atoms with Crippen LogP contribution < -0.4 is 15.4 Å². The Hall–Kier alpha value is -2.91. The summed E-state index contributed by atoms with van der Waals surface area (Å²) in [6.07, 6.45) is 1.07. The standard InChI is InChI=1S/C22H27N3O5S/c1-3-30-20-8-4-17(5-9-20)22(27)24-19-12-14-25(15-13-19)31(28,29)21-10-6-18(7-11-21)23-16(2)26/h4-11,19H,3,12-15H2,1-2H3,(H,23,26)(H,24,27). The third-order valence-corrected chi connectivity index (χ3v) is 6.94. The number of sulfonamides is 1. The predicted octanol–water partition coefficient (Wildman–Crippen LogP) is 2.63. The SMILES string of the molecule is CCOc1ccc(C(=O)NC2CCN(S(=O)(=O)c3ccc(NC(C)=O)cc3)CC2)cc1. The number of amides is 2. The van der Waals surface area contributed by atoms with E-state index in [0.717, 1.165) is 0 Å². The maximum Gasteiger partial charge on any atom is 0.251 e. The van der Waals surface area contributed by atoms with Gasteiger partial charge in [0, 0.05) is 37.3 Å². The van der Waals surface area contributed by atoms with Gasteiger partial charge in [-0.1, -0.05) is 0 Å². The highest BCUT2D eigenvalue weighted by Gasteiger charge is 2.30. The lowest BCUT2D eigenvalue weighted by atomic mass is 10.1. The molecular formula is C22H27N3O5S. The van der Waals surface area contributed by atoms with E-state index in [1.807, 2.05) is 6.92 Å². The first-order valence-corrected chi connectivity index (χ1v) is 11.6. The van der Waals surface area contributed by atoms with Crippen LogP contribution in [0, 0.1) is 0 Å². The molecule has 0 unspecified atom stereocenters. The van der Waals surface area contributed by atoms with E-state index >= 15 is 0 Å². The topological polar surface area (TPSA) is 105 Å². The zero-order valence-electron chi connectivity index (χ0n) is 17.6. The first-order valence-electron chi connectivity index (χ1n) is 10.2. The first kappa shape index (κ1) is 22.8. The van der Waals surface area contributed by atoms with Crippen LogP contribution in [-0.4, -0.2) is 50.3 Å². The van der Waals surface area contributed by atoms with E-state index in [2.05, 4.69) is 10.6 Å². The summed E-state index contributed by atoms with van der Waals surface area (Å²) < 4.78 is 32.6. The van der Waals surface area contributed by atoms with Crippen LogP contribution in [0.25, 0.3) is 0 Å². The lowest BCUT2D eigenvalue weighted by Crippen LogP contribution is -2.46. The lowest BCUT2D eigenvalue weighted by molar-refractivity contribution is -0.114. The summed E-state index contributed by atoms with van der Waals surface area (Å²) in [6, 6.07) is 13.0. The first-order chi connectivity index (χ1) is 14.8. The van der Waals surface area contributed by atoms with Crippen LogP contribution in [0.3, 0.4) is 0 Å². The fourth-order valence-corrected chi connectivity index (χ4v) is 4.91. The molecule has 0 spiro atoms. The van der Waals surface area contributed by atoms with Gasteiger partial charge in [0.15, 0.2) is 0 Å². The molecule has 0 aromatic heterocycles. The van der Waals surface area contributed by atoms with Gasteiger partial charge < -0.3 is 15.4 Å². The van der Waals surface area contributed by atoms with E-state index in [4.69, 9.17) is 4.74 Å². The Morgan fingerprint density at radius 3 is 2.19 bits per heavy atom. The van der Waals surface area contributed by atoms with Crippen molar-refractivity contribution in [2.75, 3.05) is 25.0 Å². The Kier molecular flexibility index (Phi) is 7.29. The number of rotatable bonds is 7. The van der Waals surface area contributed by atoms with Gasteiger partial charge in [0.1, 0.15) is 5.75 Å². The van der Waals surface area contributed by atoms with Crippen molar-refractivity contribution in [3.8, 4) is 5.75 Å². The highest BCUT2D eigenvalue weighted by Crippen LogP contribution is 2.22. The number of anilines is 1. The second-order valence-corrected chi connectivity index (χ2v) is 9.25. The van der Waals surface area contributed by atoms with Crippen molar-refractivity contribution in [1.29, 1.82) is 0 Å². The maximum atomic E-state index is 12.9. The molecule has 2 N–H and O–H groups in total. The summed E-state index contributed by atoms with van der Waals surface area (Å²) in [5, 5.41) is 5.60. The summed E-state index contributed by atoms with van der Waals surface area (Å²) in [4.78, 5) is 23.8. The number of nitrogens with one attached hydrogen (secondary N) is 2. The van der Waals surface area contributed by atoms with Gasteiger partial charge in [0.2, 0.25) is 15.9 Å². The molecule has 1 aliphatic heterocycles. The highest BCUT2D eigenvalue weighted by molar-refractivity contribution is 7.89. The van der Waals surface area contributed by atoms with Crippen molar-refractivity contribution in [3.05, 3.63) is 54.1 Å². The van der Waals surface area contributed by atoms with Crippen LogP contribution in [-0.2, 0) is 14.8 Å². The molecule has 2 aromatic rings. The van der Waals surface area contributed by atoms with Gasteiger partial charge in [-0.3, -0.25) is 9.59 Å². The van der Waals surface area contributed by atoms with Crippen molar-refractivity contribution in [3.63, 3.8) is 0 Å². The van der Waals surface area contributed by atoms with Crippen molar-refractivity contribution < 1.29 is 22.7 Å². The molecule has 2 amide bonds. The third kappa shape index (κ3) is 5.83. The third-order valence-electron chi connectivity index (χ3n) is 5.03. The quantitative estimate of drug-likeness (QED) is 0.682. The summed E-state index contributed by atoms with van der Waals surface area (Å²) in [7, 11) is -3.63. The molecule has 31 heavy (non-hydrogen) atoms. The smallest absolute Gasteiger partial charge is 0.251 e. The van der Waals surface area contributed by atoms with Gasteiger partial charge >= 0.3 is 0 Å². The highest BCUT2D eigenvalue weighted by atomic mass is 32.2. The molecule has 0 aliphatic carbocycles. The minimum Gasteiger partial charge on any atom is -0.494 e. The molecule has 8 nitrogen and oxygen atoms in total. The average Bonchev–Trinajstić information content (AvgIpc) is 2.75. The monoisotopic (exact) mass is 445 g/mol. The molecule has 1 heterocycles. The Bertz CT molecular complexity index is 1010. The van der Waals surface area contributed by atoms with Gasteiger partial charge in [-0.2, -0.15) is 4.31 Å². The number of benzene rings is 2. The Morgan fingerprint density at radius 1 is 1.03 bits per heavy atom. The van der Waals surface area contributed by atoms with Crippen LogP contribution in [0.15, 0.2) is 53.4 Å². The lowest BCUT2D eigenvalue weighted by Gasteiger charge is -2.31. The molecule has 2 aromatic carbocycles. The Balaban J connectivity index is 1.55. The van der Waals surface area contributed by atoms with E-state index in [9.17, 15) is 18.0 Å². The van der Waals surface area contributed by atoms with Crippen LogP contribution in [0.1, 0.15) is 37.0 Å². The normalized spacial score (nSPS) is 15.3. The van der Waals surface area contributed by atoms with E-state index in [-0.39, 0.29) is 22.8 Å². The van der Waals surface area contributed by atoms with Crippen LogP contribution in [0.4, 0.5) is 5.69 Å². The van der Waals surface area contributed by atoms with Crippen molar-refractivity contribution in [2.24, 2.45) is 0 Å². The van der Waals surface area contributed by atoms with Gasteiger partial charge in [-0.15, -0.1) is 0 Å². The molecule has 1 fully saturated rings. The predicted molar refractivity (Wildman–Crippen MR) is 118 cm³/mol. The minimum atomic E-state index is -3.63. The number of carbonyl (C=O) groups excluding carboxylic acids is 2. The zero-order valence-corrected chi connectivity index (χ0v) is 18.4. The van der Waals surface area contributed by atoms with Gasteiger partial charge in [0.25, 0.3) is 5.91 Å². The summed E-state index contributed by atoms with van der Waals surface area (Å²) >= 11 is 0. The van der Waals surface area contributed by atoms with E-state index in [1.54, 1.807) is 36.4 Å². The molecule has 0 radical (unpaired) electrons. The molecular weight excluding hydrogens is 418 g/mol. The minimum absolute atomic E-state index is 0.0901. The fourth-order valence-electron chi connectivity index (χ4n) is 3.44. The molecule has 0 bridgehead atoms. The Morgan fingerprint density at radius 2 is 1.65 bits per heavy atom. The maximum absolute atomic E-state index is 12.9. The molecule has 9 heteroatoms. The molecule has 1 saturated heterocycles. The number of carbonyl (C=O) groups is 2. The number of piperidine rings is 1. The van der Waals surface area contributed by atoms with Crippen molar-refractivity contribution >= 4 is 27.5 Å². The molecule has 3 rings (SSSR count). The van der Waals surface area contributed by atoms with E-state index in [1.165, 1.54) is 23.4 Å².